The molecular formula is C21H21F3N4O3S. The first-order valence-corrected chi connectivity index (χ1v) is 11.2. The molecular weight excluding hydrogens is 445 g/mol. The van der Waals surface area contributed by atoms with Gasteiger partial charge in [-0.3, -0.25) is 19.3 Å². The molecule has 0 radical (unpaired) electrons. The summed E-state index contributed by atoms with van der Waals surface area (Å²) in [6, 6.07) is 8.20. The highest BCUT2D eigenvalue weighted by atomic mass is 32.2. The first kappa shape index (κ1) is 23.7. The quantitative estimate of drug-likeness (QED) is 0.527. The van der Waals surface area contributed by atoms with Gasteiger partial charge in [0.1, 0.15) is 23.7 Å². The summed E-state index contributed by atoms with van der Waals surface area (Å²) in [6.07, 6.45) is 0.285. The second-order valence-corrected chi connectivity index (χ2v) is 8.92. The van der Waals surface area contributed by atoms with Gasteiger partial charge in [0.05, 0.1) is 17.9 Å². The number of nitrogens with one attached hydrogen (secondary N) is 2. The van der Waals surface area contributed by atoms with Gasteiger partial charge in [0.25, 0.3) is 0 Å². The monoisotopic (exact) mass is 466 g/mol. The third kappa shape index (κ3) is 7.03. The van der Waals surface area contributed by atoms with Crippen molar-refractivity contribution in [3.8, 4) is 11.8 Å². The van der Waals surface area contributed by atoms with Gasteiger partial charge < -0.3 is 10.1 Å². The lowest BCUT2D eigenvalue weighted by Crippen LogP contribution is -2.54. The van der Waals surface area contributed by atoms with Crippen LogP contribution in [0.4, 0.5) is 13.2 Å². The summed E-state index contributed by atoms with van der Waals surface area (Å²) in [6.45, 7) is -1.06. The lowest BCUT2D eigenvalue weighted by molar-refractivity contribution is -0.172. The molecule has 2 N–H and O–H groups in total. The summed E-state index contributed by atoms with van der Waals surface area (Å²) in [7, 11) is -1.57. The number of nitriles is 1. The van der Waals surface area contributed by atoms with Crippen LogP contribution in [0.3, 0.4) is 0 Å². The maximum absolute atomic E-state index is 14.3. The minimum absolute atomic E-state index is 0.0885. The number of carbonyl (C=O) groups is 1. The fourth-order valence-corrected chi connectivity index (χ4v) is 4.11. The molecule has 1 saturated carbocycles. The van der Waals surface area contributed by atoms with Gasteiger partial charge in [0.2, 0.25) is 5.91 Å². The van der Waals surface area contributed by atoms with Crippen molar-refractivity contribution in [1.29, 1.82) is 5.26 Å². The number of carbonyl (C=O) groups excluding carboxylic acids is 1. The number of nitrogens with zero attached hydrogens (tertiary/aromatic N) is 2. The number of aromatic nitrogens is 1. The van der Waals surface area contributed by atoms with Crippen LogP contribution < -0.4 is 15.4 Å². The first-order valence-electron chi connectivity index (χ1n) is 9.73. The third-order valence-electron chi connectivity index (χ3n) is 4.68. The first-order chi connectivity index (χ1) is 15.2. The zero-order valence-electron chi connectivity index (χ0n) is 16.9. The van der Waals surface area contributed by atoms with Crippen LogP contribution in [0.5, 0.6) is 5.75 Å². The maximum atomic E-state index is 14.3. The van der Waals surface area contributed by atoms with Crippen molar-refractivity contribution in [3.63, 3.8) is 0 Å². The van der Waals surface area contributed by atoms with Crippen molar-refractivity contribution in [2.75, 3.05) is 12.3 Å². The largest absolute Gasteiger partial charge is 0.432 e. The zero-order valence-corrected chi connectivity index (χ0v) is 17.7. The van der Waals surface area contributed by atoms with Crippen molar-refractivity contribution < 1.29 is 26.9 Å². The van der Waals surface area contributed by atoms with E-state index in [-0.39, 0.29) is 17.3 Å². The second-order valence-electron chi connectivity index (χ2n) is 7.42. The lowest BCUT2D eigenvalue weighted by atomic mass is 10.2. The van der Waals surface area contributed by atoms with Crippen LogP contribution in [-0.2, 0) is 21.3 Å². The van der Waals surface area contributed by atoms with Crippen LogP contribution in [0.1, 0.15) is 18.4 Å². The van der Waals surface area contributed by atoms with E-state index < -0.39 is 46.8 Å². The Morgan fingerprint density at radius 2 is 2.03 bits per heavy atom. The van der Waals surface area contributed by atoms with E-state index in [9.17, 15) is 27.4 Å². The van der Waals surface area contributed by atoms with Gasteiger partial charge in [-0.25, -0.2) is 4.39 Å². The van der Waals surface area contributed by atoms with Crippen LogP contribution in [-0.4, -0.2) is 45.1 Å². The smallest absolute Gasteiger partial charge is 0.410 e. The molecule has 1 aromatic heterocycles. The number of benzene rings is 1. The Morgan fingerprint density at radius 3 is 2.62 bits per heavy atom. The second kappa shape index (κ2) is 10.1. The molecule has 32 heavy (non-hydrogen) atoms. The number of hydrogen-bond acceptors (Lipinski definition) is 6. The summed E-state index contributed by atoms with van der Waals surface area (Å²) >= 11 is 0. The summed E-state index contributed by atoms with van der Waals surface area (Å²) in [4.78, 5) is 16.6. The Hall–Kier alpha value is -2.97. The fourth-order valence-electron chi connectivity index (χ4n) is 2.81. The molecule has 170 valence electrons. The summed E-state index contributed by atoms with van der Waals surface area (Å²) in [5, 5.41) is 14.1. The summed E-state index contributed by atoms with van der Waals surface area (Å²) < 4.78 is 58.7. The highest BCUT2D eigenvalue weighted by Crippen LogP contribution is 2.34. The van der Waals surface area contributed by atoms with Crippen LogP contribution in [0.15, 0.2) is 48.8 Å². The summed E-state index contributed by atoms with van der Waals surface area (Å²) in [5.41, 5.74) is -0.333. The van der Waals surface area contributed by atoms with Gasteiger partial charge in [0.15, 0.2) is 0 Å². The van der Waals surface area contributed by atoms with Crippen molar-refractivity contribution in [1.82, 2.24) is 15.6 Å². The van der Waals surface area contributed by atoms with Crippen molar-refractivity contribution in [3.05, 3.63) is 60.2 Å². The molecule has 1 aliphatic rings. The Labute approximate surface area is 185 Å². The van der Waals surface area contributed by atoms with Gasteiger partial charge >= 0.3 is 6.11 Å². The van der Waals surface area contributed by atoms with Crippen molar-refractivity contribution in [2.45, 2.75) is 36.3 Å². The normalized spacial score (nSPS) is 16.4. The van der Waals surface area contributed by atoms with E-state index in [0.717, 1.165) is 24.3 Å². The number of alkyl halides is 2. The maximum Gasteiger partial charge on any atom is 0.410 e. The molecule has 0 aliphatic heterocycles. The number of hydrogen-bond donors (Lipinski definition) is 2. The van der Waals surface area contributed by atoms with Gasteiger partial charge in [0, 0.05) is 28.9 Å². The van der Waals surface area contributed by atoms with E-state index in [2.05, 4.69) is 20.4 Å². The molecule has 0 spiro atoms. The van der Waals surface area contributed by atoms with Crippen LogP contribution in [0.25, 0.3) is 0 Å². The number of halogens is 3. The third-order valence-corrected chi connectivity index (χ3v) is 6.04. The van der Waals surface area contributed by atoms with Crippen molar-refractivity contribution >= 4 is 16.7 Å². The summed E-state index contributed by atoms with van der Waals surface area (Å²) in [5.74, 6) is -1.71. The predicted octanol–water partition coefficient (Wildman–Crippen LogP) is 2.27. The molecule has 1 heterocycles. The molecule has 2 aromatic rings. The number of rotatable bonds is 11. The lowest BCUT2D eigenvalue weighted by Gasteiger charge is -2.23. The van der Waals surface area contributed by atoms with E-state index in [4.69, 9.17) is 0 Å². The topological polar surface area (TPSA) is 104 Å². The molecule has 2 atom stereocenters. The molecule has 1 unspecified atom stereocenters. The average Bonchev–Trinajstić information content (AvgIpc) is 3.53. The van der Waals surface area contributed by atoms with Gasteiger partial charge in [-0.05, 0) is 48.7 Å². The number of amides is 1. The SMILES string of the molecule is N#CC1(NC(=O)[C@H](CS(=O)Cc2cccnc2)NCC(F)(F)Oc2ccc(F)cc2)CC1. The molecule has 0 saturated heterocycles. The van der Waals surface area contributed by atoms with E-state index in [1.54, 1.807) is 18.3 Å². The Balaban J connectivity index is 1.64. The molecule has 3 rings (SSSR count). The molecule has 1 aromatic carbocycles. The van der Waals surface area contributed by atoms with Gasteiger partial charge in [-0.2, -0.15) is 14.0 Å². The highest BCUT2D eigenvalue weighted by Gasteiger charge is 2.46. The minimum Gasteiger partial charge on any atom is -0.432 e. The Bertz CT molecular complexity index is 996. The van der Waals surface area contributed by atoms with E-state index in [0.29, 0.717) is 18.4 Å². The number of pyridine rings is 1. The molecule has 1 amide bonds. The average molecular weight is 466 g/mol. The molecule has 0 bridgehead atoms. The van der Waals surface area contributed by atoms with Crippen LogP contribution >= 0.6 is 0 Å². The van der Waals surface area contributed by atoms with Gasteiger partial charge in [-0.1, -0.05) is 6.07 Å². The molecule has 1 aliphatic carbocycles. The van der Waals surface area contributed by atoms with Crippen LogP contribution in [0.2, 0.25) is 0 Å². The molecule has 1 fully saturated rings. The molecule has 11 heteroatoms. The Kier molecular flexibility index (Phi) is 7.48. The Morgan fingerprint density at radius 1 is 1.31 bits per heavy atom. The highest BCUT2D eigenvalue weighted by molar-refractivity contribution is 7.84. The zero-order chi connectivity index (χ0) is 23.2. The van der Waals surface area contributed by atoms with E-state index >= 15 is 0 Å². The van der Waals surface area contributed by atoms with Gasteiger partial charge in [-0.15, -0.1) is 0 Å². The predicted molar refractivity (Wildman–Crippen MR) is 110 cm³/mol. The fraction of sp³-hybridized carbons (Fsp3) is 0.381. The van der Waals surface area contributed by atoms with E-state index in [1.807, 2.05) is 6.07 Å². The van der Waals surface area contributed by atoms with E-state index in [1.165, 1.54) is 6.20 Å². The standard InChI is InChI=1S/C21H21F3N4O3S/c22-16-3-5-17(6-4-16)31-21(23,24)14-27-18(19(29)28-20(13-25)7-8-20)12-32(30)11-15-2-1-9-26-10-15/h1-6,9-10,18,27H,7-8,11-12,14H2,(H,28,29)/t18-,32?/m0/s1. The minimum atomic E-state index is -3.73. The van der Waals surface area contributed by atoms with Crippen LogP contribution in [0, 0.1) is 17.1 Å². The van der Waals surface area contributed by atoms with Crippen molar-refractivity contribution in [2.24, 2.45) is 0 Å². The number of ether oxygens (including phenoxy) is 1. The molecule has 7 nitrogen and oxygen atoms in total.